The van der Waals surface area contributed by atoms with Crippen molar-refractivity contribution in [1.29, 1.82) is 0 Å². The van der Waals surface area contributed by atoms with Gasteiger partial charge in [0, 0.05) is 0 Å². The molecule has 0 aromatic carbocycles. The summed E-state index contributed by atoms with van der Waals surface area (Å²) >= 11 is 0. The van der Waals surface area contributed by atoms with Crippen LogP contribution in [0.15, 0.2) is 6.20 Å². The number of carboxylic acid groups (broad SMARTS) is 1. The van der Waals surface area contributed by atoms with E-state index in [2.05, 4.69) is 5.10 Å². The Hall–Kier alpha value is -1.92. The molecule has 82 valence electrons. The summed E-state index contributed by atoms with van der Waals surface area (Å²) in [5.74, 6) is -0.960. The molecule has 0 saturated carbocycles. The highest BCUT2D eigenvalue weighted by Crippen LogP contribution is 2.19. The second-order valence-corrected chi connectivity index (χ2v) is 3.28. The Kier molecular flexibility index (Phi) is 3.03. The van der Waals surface area contributed by atoms with Crippen LogP contribution >= 0.6 is 0 Å². The van der Waals surface area contributed by atoms with E-state index in [4.69, 9.17) is 5.11 Å². The third kappa shape index (κ3) is 2.52. The van der Waals surface area contributed by atoms with Crippen molar-refractivity contribution in [1.82, 2.24) is 9.78 Å². The maximum atomic E-state index is 10.5. The number of aryl methyl sites for hydroxylation is 1. The first-order valence-electron chi connectivity index (χ1n) is 4.33. The van der Waals surface area contributed by atoms with Gasteiger partial charge in [0.2, 0.25) is 0 Å². The molecule has 0 fully saturated rings. The predicted octanol–water partition coefficient (Wildman–Crippen LogP) is 1.14. The van der Waals surface area contributed by atoms with Gasteiger partial charge in [-0.1, -0.05) is 0 Å². The summed E-state index contributed by atoms with van der Waals surface area (Å²) in [6.45, 7) is 3.16. The molecule has 1 aromatic heterocycles. The topological polar surface area (TPSA) is 98.3 Å². The van der Waals surface area contributed by atoms with Gasteiger partial charge < -0.3 is 5.11 Å². The van der Waals surface area contributed by atoms with Gasteiger partial charge in [0.25, 0.3) is 0 Å². The van der Waals surface area contributed by atoms with Gasteiger partial charge in [-0.3, -0.25) is 19.6 Å². The zero-order valence-corrected chi connectivity index (χ0v) is 8.38. The molecule has 0 spiro atoms. The molecular weight excluding hydrogens is 202 g/mol. The summed E-state index contributed by atoms with van der Waals surface area (Å²) in [4.78, 5) is 20.4. The van der Waals surface area contributed by atoms with Crippen LogP contribution in [-0.2, 0) is 4.79 Å². The third-order valence-electron chi connectivity index (χ3n) is 2.01. The van der Waals surface area contributed by atoms with Gasteiger partial charge in [0.1, 0.15) is 11.9 Å². The van der Waals surface area contributed by atoms with E-state index in [1.165, 1.54) is 17.8 Å². The van der Waals surface area contributed by atoms with Gasteiger partial charge in [-0.15, -0.1) is 0 Å². The van der Waals surface area contributed by atoms with E-state index < -0.39 is 16.9 Å². The molecular formula is C8H11N3O4. The highest BCUT2D eigenvalue weighted by atomic mass is 16.6. The van der Waals surface area contributed by atoms with Gasteiger partial charge in [0.15, 0.2) is 0 Å². The molecule has 0 amide bonds. The largest absolute Gasteiger partial charge is 0.481 e. The fourth-order valence-electron chi connectivity index (χ4n) is 1.22. The molecule has 7 nitrogen and oxygen atoms in total. The zero-order valence-electron chi connectivity index (χ0n) is 8.38. The first-order chi connectivity index (χ1) is 6.91. The van der Waals surface area contributed by atoms with Crippen LogP contribution in [0.2, 0.25) is 0 Å². The fraction of sp³-hybridized carbons (Fsp3) is 0.500. The molecule has 0 radical (unpaired) electrons. The molecule has 0 aliphatic carbocycles. The van der Waals surface area contributed by atoms with Gasteiger partial charge >= 0.3 is 11.7 Å². The summed E-state index contributed by atoms with van der Waals surface area (Å²) in [5.41, 5.74) is 0.199. The molecule has 0 aliphatic heterocycles. The normalized spacial score (nSPS) is 12.4. The quantitative estimate of drug-likeness (QED) is 0.597. The van der Waals surface area contributed by atoms with Crippen molar-refractivity contribution in [2.45, 2.75) is 26.3 Å². The zero-order chi connectivity index (χ0) is 11.6. The molecule has 1 aromatic rings. The minimum atomic E-state index is -0.960. The van der Waals surface area contributed by atoms with Crippen LogP contribution in [0, 0.1) is 17.0 Å². The Labute approximate surface area is 85.5 Å². The monoisotopic (exact) mass is 213 g/mol. The first kappa shape index (κ1) is 11.2. The SMILES string of the molecule is Cc1nn([C@H](C)CC(=O)O)cc1[N+](=O)[O-]. The Morgan fingerprint density at radius 1 is 1.80 bits per heavy atom. The Bertz CT molecular complexity index is 399. The molecule has 7 heteroatoms. The molecule has 1 heterocycles. The number of rotatable bonds is 4. The lowest BCUT2D eigenvalue weighted by atomic mass is 10.2. The van der Waals surface area contributed by atoms with Crippen molar-refractivity contribution in [3.63, 3.8) is 0 Å². The van der Waals surface area contributed by atoms with Crippen molar-refractivity contribution in [2.24, 2.45) is 0 Å². The van der Waals surface area contributed by atoms with Crippen molar-refractivity contribution in [3.05, 3.63) is 22.0 Å². The number of hydrogen-bond acceptors (Lipinski definition) is 4. The highest BCUT2D eigenvalue weighted by Gasteiger charge is 2.19. The average molecular weight is 213 g/mol. The maximum Gasteiger partial charge on any atom is 0.309 e. The second-order valence-electron chi connectivity index (χ2n) is 3.28. The number of hydrogen-bond donors (Lipinski definition) is 1. The standard InChI is InChI=1S/C8H11N3O4/c1-5(3-8(12)13)10-4-7(11(14)15)6(2)9-10/h4-5H,3H2,1-2H3,(H,12,13)/t5-/m1/s1. The van der Waals surface area contributed by atoms with E-state index in [0.29, 0.717) is 0 Å². The summed E-state index contributed by atoms with van der Waals surface area (Å²) in [6.07, 6.45) is 1.14. The highest BCUT2D eigenvalue weighted by molar-refractivity contribution is 5.67. The van der Waals surface area contributed by atoms with Crippen molar-refractivity contribution in [3.8, 4) is 0 Å². The van der Waals surface area contributed by atoms with Gasteiger partial charge in [-0.25, -0.2) is 0 Å². The predicted molar refractivity (Wildman–Crippen MR) is 50.6 cm³/mol. The van der Waals surface area contributed by atoms with Crippen LogP contribution in [0.3, 0.4) is 0 Å². The van der Waals surface area contributed by atoms with E-state index in [1.807, 2.05) is 0 Å². The summed E-state index contributed by atoms with van der Waals surface area (Å²) in [7, 11) is 0. The van der Waals surface area contributed by atoms with Gasteiger partial charge in [-0.2, -0.15) is 5.10 Å². The molecule has 15 heavy (non-hydrogen) atoms. The Balaban J connectivity index is 2.91. The number of carbonyl (C=O) groups is 1. The van der Waals surface area contributed by atoms with Crippen molar-refractivity contribution in [2.75, 3.05) is 0 Å². The molecule has 1 N–H and O–H groups in total. The third-order valence-corrected chi connectivity index (χ3v) is 2.01. The van der Waals surface area contributed by atoms with Crippen molar-refractivity contribution < 1.29 is 14.8 Å². The van der Waals surface area contributed by atoms with Crippen LogP contribution in [0.5, 0.6) is 0 Å². The molecule has 1 rings (SSSR count). The second kappa shape index (κ2) is 4.07. The number of aliphatic carboxylic acids is 1. The van der Waals surface area contributed by atoms with E-state index in [-0.39, 0.29) is 17.8 Å². The number of aromatic nitrogens is 2. The number of nitro groups is 1. The minimum Gasteiger partial charge on any atom is -0.481 e. The maximum absolute atomic E-state index is 10.5. The summed E-state index contributed by atoms with van der Waals surface area (Å²) < 4.78 is 1.31. The van der Waals surface area contributed by atoms with E-state index in [1.54, 1.807) is 6.92 Å². The smallest absolute Gasteiger partial charge is 0.309 e. The van der Waals surface area contributed by atoms with Crippen LogP contribution in [0.4, 0.5) is 5.69 Å². The van der Waals surface area contributed by atoms with E-state index in [0.717, 1.165) is 0 Å². The van der Waals surface area contributed by atoms with Gasteiger partial charge in [0.05, 0.1) is 17.4 Å². The van der Waals surface area contributed by atoms with E-state index >= 15 is 0 Å². The lowest BCUT2D eigenvalue weighted by Crippen LogP contribution is -2.10. The Morgan fingerprint density at radius 3 is 2.80 bits per heavy atom. The van der Waals surface area contributed by atoms with Gasteiger partial charge in [-0.05, 0) is 13.8 Å². The summed E-state index contributed by atoms with van der Waals surface area (Å²) in [6, 6.07) is -0.394. The molecule has 1 atom stereocenters. The Morgan fingerprint density at radius 2 is 2.40 bits per heavy atom. The van der Waals surface area contributed by atoms with Crippen LogP contribution in [-0.4, -0.2) is 25.8 Å². The van der Waals surface area contributed by atoms with Crippen LogP contribution < -0.4 is 0 Å². The average Bonchev–Trinajstić information content (AvgIpc) is 2.46. The van der Waals surface area contributed by atoms with E-state index in [9.17, 15) is 14.9 Å². The lowest BCUT2D eigenvalue weighted by molar-refractivity contribution is -0.385. The minimum absolute atomic E-state index is 0.0905. The summed E-state index contributed by atoms with van der Waals surface area (Å²) in [5, 5.41) is 23.0. The molecule has 0 saturated heterocycles. The fourth-order valence-corrected chi connectivity index (χ4v) is 1.22. The lowest BCUT2D eigenvalue weighted by Gasteiger charge is -2.07. The molecule has 0 aliphatic rings. The number of nitrogens with zero attached hydrogens (tertiary/aromatic N) is 3. The first-order valence-corrected chi connectivity index (χ1v) is 4.33. The molecule has 0 unspecified atom stereocenters. The van der Waals surface area contributed by atoms with Crippen LogP contribution in [0.1, 0.15) is 25.1 Å². The van der Waals surface area contributed by atoms with Crippen LogP contribution in [0.25, 0.3) is 0 Å². The van der Waals surface area contributed by atoms with Crippen molar-refractivity contribution >= 4 is 11.7 Å². The molecule has 0 bridgehead atoms. The number of carboxylic acids is 1.